The minimum atomic E-state index is -0.287. The van der Waals surface area contributed by atoms with Gasteiger partial charge in [-0.3, -0.25) is 0 Å². The van der Waals surface area contributed by atoms with Gasteiger partial charge in [-0.25, -0.2) is 0 Å². The van der Waals surface area contributed by atoms with Crippen molar-refractivity contribution in [1.82, 2.24) is 0 Å². The lowest BCUT2D eigenvalue weighted by atomic mass is 10.1. The number of ether oxygens (including phenoxy) is 2. The molecule has 1 aromatic carbocycles. The predicted molar refractivity (Wildman–Crippen MR) is 63.5 cm³/mol. The van der Waals surface area contributed by atoms with Gasteiger partial charge in [0.05, 0.1) is 31.0 Å². The fourth-order valence-corrected chi connectivity index (χ4v) is 2.75. The highest BCUT2D eigenvalue weighted by Gasteiger charge is 2.41. The monoisotopic (exact) mass is 234 g/mol. The molecule has 0 radical (unpaired) electrons. The molecule has 0 amide bonds. The van der Waals surface area contributed by atoms with Gasteiger partial charge in [0.2, 0.25) is 0 Å². The first-order chi connectivity index (χ1) is 8.31. The van der Waals surface area contributed by atoms with E-state index >= 15 is 0 Å². The number of fused-ring (bicyclic) bond motifs is 2. The van der Waals surface area contributed by atoms with Crippen molar-refractivity contribution in [3.63, 3.8) is 0 Å². The van der Waals surface area contributed by atoms with Crippen LogP contribution in [0.4, 0.5) is 0 Å². The van der Waals surface area contributed by atoms with Crippen LogP contribution in [0.3, 0.4) is 0 Å². The lowest BCUT2D eigenvalue weighted by Gasteiger charge is -2.28. The number of rotatable bonds is 3. The lowest BCUT2D eigenvalue weighted by molar-refractivity contribution is -0.0971. The number of aliphatic hydroxyl groups is 1. The second-order valence-corrected chi connectivity index (χ2v) is 4.99. The van der Waals surface area contributed by atoms with Gasteiger partial charge in [-0.05, 0) is 12.0 Å². The molecule has 0 aromatic heterocycles. The fraction of sp³-hybridized carbons (Fsp3) is 0.571. The van der Waals surface area contributed by atoms with Gasteiger partial charge in [-0.2, -0.15) is 0 Å². The maximum absolute atomic E-state index is 9.72. The average Bonchev–Trinajstić information content (AvgIpc) is 2.62. The second kappa shape index (κ2) is 4.77. The first-order valence-corrected chi connectivity index (χ1v) is 6.30. The summed E-state index contributed by atoms with van der Waals surface area (Å²) in [5, 5.41) is 9.72. The Bertz CT molecular complexity index is 363. The minimum absolute atomic E-state index is 0.00507. The van der Waals surface area contributed by atoms with Crippen molar-refractivity contribution in [2.24, 2.45) is 0 Å². The number of benzene rings is 1. The molecule has 92 valence electrons. The molecular formula is C14H18O3. The minimum Gasteiger partial charge on any atom is -0.390 e. The van der Waals surface area contributed by atoms with Crippen LogP contribution in [0.1, 0.15) is 24.8 Å². The van der Waals surface area contributed by atoms with E-state index < -0.39 is 0 Å². The highest BCUT2D eigenvalue weighted by molar-refractivity contribution is 5.13. The van der Waals surface area contributed by atoms with Crippen LogP contribution < -0.4 is 0 Å². The van der Waals surface area contributed by atoms with E-state index in [1.165, 1.54) is 5.56 Å². The fourth-order valence-electron chi connectivity index (χ4n) is 2.75. The molecule has 2 aliphatic heterocycles. The Hall–Kier alpha value is -0.900. The van der Waals surface area contributed by atoms with Crippen LogP contribution in [-0.4, -0.2) is 29.5 Å². The quantitative estimate of drug-likeness (QED) is 0.868. The zero-order chi connectivity index (χ0) is 11.7. The Morgan fingerprint density at radius 2 is 2.00 bits per heavy atom. The van der Waals surface area contributed by atoms with E-state index in [-0.39, 0.29) is 24.4 Å². The molecule has 0 aliphatic carbocycles. The highest BCUT2D eigenvalue weighted by Crippen LogP contribution is 2.34. The summed E-state index contributed by atoms with van der Waals surface area (Å²) in [6.07, 6.45) is 2.65. The van der Waals surface area contributed by atoms with E-state index in [1.807, 2.05) is 18.2 Å². The van der Waals surface area contributed by atoms with E-state index in [2.05, 4.69) is 12.1 Å². The summed E-state index contributed by atoms with van der Waals surface area (Å²) < 4.78 is 11.6. The zero-order valence-corrected chi connectivity index (χ0v) is 9.79. The lowest BCUT2D eigenvalue weighted by Crippen LogP contribution is -2.33. The van der Waals surface area contributed by atoms with Crippen LogP contribution in [-0.2, 0) is 16.1 Å². The summed E-state index contributed by atoms with van der Waals surface area (Å²) in [6, 6.07) is 10.2. The molecule has 1 N–H and O–H groups in total. The van der Waals surface area contributed by atoms with Crippen molar-refractivity contribution in [3.8, 4) is 0 Å². The molecule has 2 bridgehead atoms. The van der Waals surface area contributed by atoms with Crippen LogP contribution in [0.2, 0.25) is 0 Å². The Labute approximate surface area is 101 Å². The molecule has 0 unspecified atom stereocenters. The van der Waals surface area contributed by atoms with Gasteiger partial charge in [-0.1, -0.05) is 30.3 Å². The largest absolute Gasteiger partial charge is 0.390 e. The number of aliphatic hydroxyl groups excluding tert-OH is 1. The molecule has 4 atom stereocenters. The van der Waals surface area contributed by atoms with E-state index in [9.17, 15) is 5.11 Å². The van der Waals surface area contributed by atoms with Crippen molar-refractivity contribution in [3.05, 3.63) is 35.9 Å². The third-order valence-corrected chi connectivity index (χ3v) is 3.65. The maximum Gasteiger partial charge on any atom is 0.0863 e. The molecule has 3 nitrogen and oxygen atoms in total. The average molecular weight is 234 g/mol. The molecule has 2 fully saturated rings. The van der Waals surface area contributed by atoms with Crippen molar-refractivity contribution in [1.29, 1.82) is 0 Å². The smallest absolute Gasteiger partial charge is 0.0863 e. The van der Waals surface area contributed by atoms with Crippen LogP contribution in [0, 0.1) is 0 Å². The maximum atomic E-state index is 9.72. The molecule has 2 heterocycles. The summed E-state index contributed by atoms with van der Waals surface area (Å²) >= 11 is 0. The molecule has 3 heteroatoms. The van der Waals surface area contributed by atoms with Crippen LogP contribution >= 0.6 is 0 Å². The van der Waals surface area contributed by atoms with Gasteiger partial charge in [-0.15, -0.1) is 0 Å². The molecule has 17 heavy (non-hydrogen) atoms. The van der Waals surface area contributed by atoms with E-state index in [1.54, 1.807) is 0 Å². The van der Waals surface area contributed by atoms with Gasteiger partial charge in [0, 0.05) is 12.8 Å². The summed E-state index contributed by atoms with van der Waals surface area (Å²) in [5.74, 6) is 0. The molecular weight excluding hydrogens is 216 g/mol. The molecule has 2 aliphatic rings. The Morgan fingerprint density at radius 3 is 2.76 bits per heavy atom. The number of hydrogen-bond donors (Lipinski definition) is 1. The first kappa shape index (κ1) is 11.2. The van der Waals surface area contributed by atoms with E-state index in [0.717, 1.165) is 19.3 Å². The first-order valence-electron chi connectivity index (χ1n) is 6.30. The summed E-state index contributed by atoms with van der Waals surface area (Å²) in [6.45, 7) is 0.654. The topological polar surface area (TPSA) is 38.7 Å². The molecule has 3 rings (SSSR count). The summed E-state index contributed by atoms with van der Waals surface area (Å²) in [4.78, 5) is 0. The third-order valence-electron chi connectivity index (χ3n) is 3.65. The standard InChI is InChI=1S/C14H18O3/c15-13-7-12-6-11(8-14(13)17-12)16-9-10-4-2-1-3-5-10/h1-5,11-15H,6-9H2/t11-,12-,13-,14+/m0/s1. The Morgan fingerprint density at radius 1 is 1.18 bits per heavy atom. The van der Waals surface area contributed by atoms with Crippen molar-refractivity contribution in [2.75, 3.05) is 0 Å². The second-order valence-electron chi connectivity index (χ2n) is 4.99. The van der Waals surface area contributed by atoms with E-state index in [4.69, 9.17) is 9.47 Å². The van der Waals surface area contributed by atoms with Gasteiger partial charge in [0.25, 0.3) is 0 Å². The highest BCUT2D eigenvalue weighted by atomic mass is 16.5. The van der Waals surface area contributed by atoms with Gasteiger partial charge in [0.15, 0.2) is 0 Å². The normalized spacial score (nSPS) is 36.1. The Balaban J connectivity index is 1.54. The third kappa shape index (κ3) is 2.51. The molecule has 0 spiro atoms. The van der Waals surface area contributed by atoms with Crippen LogP contribution in [0.25, 0.3) is 0 Å². The summed E-state index contributed by atoms with van der Waals surface area (Å²) in [5.41, 5.74) is 1.20. The number of hydrogen-bond acceptors (Lipinski definition) is 3. The van der Waals surface area contributed by atoms with Crippen LogP contribution in [0.15, 0.2) is 30.3 Å². The Kier molecular flexibility index (Phi) is 3.14. The van der Waals surface area contributed by atoms with Crippen molar-refractivity contribution in [2.45, 2.75) is 50.3 Å². The summed E-state index contributed by atoms with van der Waals surface area (Å²) in [7, 11) is 0. The van der Waals surface area contributed by atoms with Gasteiger partial charge < -0.3 is 14.6 Å². The SMILES string of the molecule is O[C@H]1C[C@@H]2C[C@H](OCc3ccccc3)C[C@H]1O2. The van der Waals surface area contributed by atoms with Gasteiger partial charge >= 0.3 is 0 Å². The predicted octanol–water partition coefficient (Wildman–Crippen LogP) is 1.88. The van der Waals surface area contributed by atoms with Crippen molar-refractivity contribution < 1.29 is 14.6 Å². The zero-order valence-electron chi connectivity index (χ0n) is 9.79. The van der Waals surface area contributed by atoms with E-state index in [0.29, 0.717) is 6.61 Å². The molecule has 2 saturated heterocycles. The molecule has 1 aromatic rings. The van der Waals surface area contributed by atoms with Crippen LogP contribution in [0.5, 0.6) is 0 Å². The van der Waals surface area contributed by atoms with Crippen molar-refractivity contribution >= 4 is 0 Å². The van der Waals surface area contributed by atoms with Gasteiger partial charge in [0.1, 0.15) is 0 Å². The molecule has 0 saturated carbocycles.